The van der Waals surface area contributed by atoms with Crippen molar-refractivity contribution in [3.05, 3.63) is 0 Å². The maximum absolute atomic E-state index is 10.9. The summed E-state index contributed by atoms with van der Waals surface area (Å²) in [5, 5.41) is 8.53. The third-order valence-corrected chi connectivity index (χ3v) is 3.25. The van der Waals surface area contributed by atoms with Crippen molar-refractivity contribution in [1.82, 2.24) is 0 Å². The van der Waals surface area contributed by atoms with Crippen LogP contribution in [-0.2, 0) is 9.84 Å². The molecule has 3 nitrogen and oxygen atoms in total. The summed E-state index contributed by atoms with van der Waals surface area (Å²) in [5.74, 6) is 0.127. The summed E-state index contributed by atoms with van der Waals surface area (Å²) in [6.07, 6.45) is 0. The molecule has 0 amide bonds. The molecule has 0 aliphatic heterocycles. The molecular formula is C6H14O3S. The van der Waals surface area contributed by atoms with Gasteiger partial charge in [-0.15, -0.1) is 0 Å². The summed E-state index contributed by atoms with van der Waals surface area (Å²) in [7, 11) is -2.89. The Morgan fingerprint density at radius 1 is 1.50 bits per heavy atom. The molecule has 0 bridgehead atoms. The normalized spacial score (nSPS) is 15.1. The van der Waals surface area contributed by atoms with E-state index in [1.54, 1.807) is 13.8 Å². The van der Waals surface area contributed by atoms with E-state index in [2.05, 4.69) is 0 Å². The molecule has 0 aromatic heterocycles. The van der Waals surface area contributed by atoms with Gasteiger partial charge in [0.25, 0.3) is 0 Å². The Bertz CT molecular complexity index is 171. The van der Waals surface area contributed by atoms with Crippen LogP contribution >= 0.6 is 0 Å². The van der Waals surface area contributed by atoms with Crippen molar-refractivity contribution in [2.45, 2.75) is 13.8 Å². The predicted octanol–water partition coefficient (Wildman–Crippen LogP) is 0.0495. The highest BCUT2D eigenvalue weighted by atomic mass is 32.2. The molecule has 0 aromatic carbocycles. The van der Waals surface area contributed by atoms with Gasteiger partial charge in [0.2, 0.25) is 0 Å². The van der Waals surface area contributed by atoms with E-state index in [-0.39, 0.29) is 24.0 Å². The van der Waals surface area contributed by atoms with Crippen LogP contribution in [0.1, 0.15) is 13.8 Å². The summed E-state index contributed by atoms with van der Waals surface area (Å²) in [6, 6.07) is 0. The van der Waals surface area contributed by atoms with Crippen molar-refractivity contribution in [1.29, 1.82) is 0 Å². The van der Waals surface area contributed by atoms with Gasteiger partial charge in [0, 0.05) is 12.4 Å². The summed E-state index contributed by atoms with van der Waals surface area (Å²) in [6.45, 7) is 3.27. The van der Waals surface area contributed by atoms with Crippen molar-refractivity contribution < 1.29 is 13.5 Å². The molecule has 0 saturated heterocycles. The molecule has 1 N–H and O–H groups in total. The van der Waals surface area contributed by atoms with Gasteiger partial charge in [-0.25, -0.2) is 8.42 Å². The van der Waals surface area contributed by atoms with Crippen LogP contribution in [0.5, 0.6) is 0 Å². The number of hydrogen-bond donors (Lipinski definition) is 1. The van der Waals surface area contributed by atoms with E-state index in [4.69, 9.17) is 5.11 Å². The van der Waals surface area contributed by atoms with Gasteiger partial charge in [-0.2, -0.15) is 0 Å². The lowest BCUT2D eigenvalue weighted by atomic mass is 10.2. The van der Waals surface area contributed by atoms with Gasteiger partial charge < -0.3 is 5.11 Å². The Labute approximate surface area is 62.0 Å². The second kappa shape index (κ2) is 3.93. The van der Waals surface area contributed by atoms with E-state index in [1.165, 1.54) is 0 Å². The largest absolute Gasteiger partial charge is 0.396 e. The Hall–Kier alpha value is -0.0900. The standard InChI is InChI=1S/C6H14O3S/c1-3-10(8,9)5-6(2)4-7/h6-7H,3-5H2,1-2H3. The van der Waals surface area contributed by atoms with Crippen LogP contribution in [0.25, 0.3) is 0 Å². The summed E-state index contributed by atoms with van der Waals surface area (Å²) >= 11 is 0. The molecule has 0 aromatic rings. The highest BCUT2D eigenvalue weighted by Gasteiger charge is 2.11. The molecule has 0 aliphatic rings. The Morgan fingerprint density at radius 3 is 2.30 bits per heavy atom. The quantitative estimate of drug-likeness (QED) is 0.642. The lowest BCUT2D eigenvalue weighted by molar-refractivity contribution is 0.249. The van der Waals surface area contributed by atoms with Crippen LogP contribution in [-0.4, -0.2) is 31.6 Å². The first kappa shape index (κ1) is 9.91. The monoisotopic (exact) mass is 166 g/mol. The first-order valence-corrected chi connectivity index (χ1v) is 5.15. The Morgan fingerprint density at radius 2 is 2.00 bits per heavy atom. The zero-order valence-corrected chi connectivity index (χ0v) is 7.19. The van der Waals surface area contributed by atoms with Crippen LogP contribution in [0, 0.1) is 5.92 Å². The molecule has 0 radical (unpaired) electrons. The topological polar surface area (TPSA) is 54.4 Å². The minimum Gasteiger partial charge on any atom is -0.396 e. The maximum atomic E-state index is 10.9. The molecule has 0 heterocycles. The van der Waals surface area contributed by atoms with Gasteiger partial charge in [0.15, 0.2) is 0 Å². The molecule has 0 spiro atoms. The van der Waals surface area contributed by atoms with Crippen LogP contribution in [0.4, 0.5) is 0 Å². The van der Waals surface area contributed by atoms with Crippen LogP contribution in [0.15, 0.2) is 0 Å². The molecule has 62 valence electrons. The van der Waals surface area contributed by atoms with Gasteiger partial charge in [0.05, 0.1) is 5.75 Å². The molecule has 0 fully saturated rings. The first-order valence-electron chi connectivity index (χ1n) is 3.33. The summed E-state index contributed by atoms with van der Waals surface area (Å²) in [5.41, 5.74) is 0. The zero-order valence-electron chi connectivity index (χ0n) is 6.37. The average molecular weight is 166 g/mol. The first-order chi connectivity index (χ1) is 4.52. The minimum absolute atomic E-state index is 0.0563. The number of hydrogen-bond acceptors (Lipinski definition) is 3. The summed E-state index contributed by atoms with van der Waals surface area (Å²) < 4.78 is 21.7. The highest BCUT2D eigenvalue weighted by Crippen LogP contribution is 1.99. The molecule has 1 atom stereocenters. The number of rotatable bonds is 4. The van der Waals surface area contributed by atoms with E-state index < -0.39 is 9.84 Å². The molecule has 0 saturated carbocycles. The molecular weight excluding hydrogens is 152 g/mol. The number of aliphatic hydroxyl groups is 1. The minimum atomic E-state index is -2.89. The SMILES string of the molecule is CCS(=O)(=O)CC(C)CO. The van der Waals surface area contributed by atoms with Crippen molar-refractivity contribution >= 4 is 9.84 Å². The lowest BCUT2D eigenvalue weighted by Gasteiger charge is -2.05. The second-order valence-corrected chi connectivity index (χ2v) is 4.88. The predicted molar refractivity (Wildman–Crippen MR) is 40.6 cm³/mol. The van der Waals surface area contributed by atoms with Gasteiger partial charge in [0.1, 0.15) is 9.84 Å². The third kappa shape index (κ3) is 3.85. The van der Waals surface area contributed by atoms with E-state index in [9.17, 15) is 8.42 Å². The zero-order chi connectivity index (χ0) is 8.20. The van der Waals surface area contributed by atoms with Crippen molar-refractivity contribution in [2.75, 3.05) is 18.1 Å². The molecule has 10 heavy (non-hydrogen) atoms. The smallest absolute Gasteiger partial charge is 0.150 e. The summed E-state index contributed by atoms with van der Waals surface area (Å²) in [4.78, 5) is 0. The Kier molecular flexibility index (Phi) is 3.89. The highest BCUT2D eigenvalue weighted by molar-refractivity contribution is 7.91. The molecule has 4 heteroatoms. The van der Waals surface area contributed by atoms with Crippen LogP contribution < -0.4 is 0 Å². The second-order valence-electron chi connectivity index (χ2n) is 2.49. The molecule has 0 rings (SSSR count). The van der Waals surface area contributed by atoms with Gasteiger partial charge in [-0.3, -0.25) is 0 Å². The van der Waals surface area contributed by atoms with E-state index in [0.29, 0.717) is 0 Å². The van der Waals surface area contributed by atoms with E-state index >= 15 is 0 Å². The van der Waals surface area contributed by atoms with E-state index in [1.807, 2.05) is 0 Å². The van der Waals surface area contributed by atoms with Crippen molar-refractivity contribution in [3.8, 4) is 0 Å². The number of aliphatic hydroxyl groups excluding tert-OH is 1. The van der Waals surface area contributed by atoms with Crippen molar-refractivity contribution in [3.63, 3.8) is 0 Å². The fourth-order valence-electron chi connectivity index (χ4n) is 0.604. The van der Waals surface area contributed by atoms with Gasteiger partial charge in [-0.1, -0.05) is 13.8 Å². The number of sulfone groups is 1. The maximum Gasteiger partial charge on any atom is 0.150 e. The van der Waals surface area contributed by atoms with Crippen LogP contribution in [0.3, 0.4) is 0 Å². The molecule has 1 unspecified atom stereocenters. The Balaban J connectivity index is 3.90. The van der Waals surface area contributed by atoms with Gasteiger partial charge in [-0.05, 0) is 5.92 Å². The fourth-order valence-corrected chi connectivity index (χ4v) is 1.81. The third-order valence-electron chi connectivity index (χ3n) is 1.29. The van der Waals surface area contributed by atoms with Crippen LogP contribution in [0.2, 0.25) is 0 Å². The average Bonchev–Trinajstić information content (AvgIpc) is 1.87. The molecule has 0 aliphatic carbocycles. The van der Waals surface area contributed by atoms with Gasteiger partial charge >= 0.3 is 0 Å². The lowest BCUT2D eigenvalue weighted by Crippen LogP contribution is -2.17. The van der Waals surface area contributed by atoms with E-state index in [0.717, 1.165) is 0 Å². The fraction of sp³-hybridized carbons (Fsp3) is 1.00. The van der Waals surface area contributed by atoms with Crippen molar-refractivity contribution in [2.24, 2.45) is 5.92 Å².